The van der Waals surface area contributed by atoms with Gasteiger partial charge in [0.15, 0.2) is 0 Å². The number of likely N-dealkylation sites (tertiary alicyclic amines) is 1. The summed E-state index contributed by atoms with van der Waals surface area (Å²) in [6.45, 7) is 1.46. The number of amides is 2. The van der Waals surface area contributed by atoms with Gasteiger partial charge >= 0.3 is 0 Å². The van der Waals surface area contributed by atoms with Crippen LogP contribution in [0, 0.1) is 0 Å². The van der Waals surface area contributed by atoms with E-state index < -0.39 is 0 Å². The highest BCUT2D eigenvalue weighted by Crippen LogP contribution is 2.19. The van der Waals surface area contributed by atoms with Gasteiger partial charge in [-0.05, 0) is 37.1 Å². The monoisotopic (exact) mass is 276 g/mol. The molecule has 0 aliphatic carbocycles. The van der Waals surface area contributed by atoms with Gasteiger partial charge in [-0.15, -0.1) is 0 Å². The van der Waals surface area contributed by atoms with Gasteiger partial charge in [-0.25, -0.2) is 5.84 Å². The maximum absolute atomic E-state index is 11.5. The molecule has 1 fully saturated rings. The summed E-state index contributed by atoms with van der Waals surface area (Å²) in [7, 11) is 0. The Hall–Kier alpha value is -1.92. The van der Waals surface area contributed by atoms with Gasteiger partial charge in [0.2, 0.25) is 5.91 Å². The van der Waals surface area contributed by atoms with Crippen LogP contribution < -0.4 is 17.0 Å². The van der Waals surface area contributed by atoms with Crippen LogP contribution in [0.3, 0.4) is 0 Å². The molecule has 5 N–H and O–H groups in total. The first-order valence-electron chi connectivity index (χ1n) is 6.75. The third-order valence-electron chi connectivity index (χ3n) is 3.65. The molecule has 108 valence electrons. The summed E-state index contributed by atoms with van der Waals surface area (Å²) < 4.78 is 0. The van der Waals surface area contributed by atoms with E-state index in [0.717, 1.165) is 31.4 Å². The van der Waals surface area contributed by atoms with Crippen LogP contribution in [-0.4, -0.2) is 29.3 Å². The van der Waals surface area contributed by atoms with Crippen molar-refractivity contribution in [2.75, 3.05) is 6.54 Å². The van der Waals surface area contributed by atoms with Gasteiger partial charge in [-0.2, -0.15) is 0 Å². The lowest BCUT2D eigenvalue weighted by molar-refractivity contribution is -0.124. The Labute approximate surface area is 118 Å². The molecule has 0 saturated carbocycles. The molecule has 20 heavy (non-hydrogen) atoms. The van der Waals surface area contributed by atoms with E-state index in [1.165, 1.54) is 0 Å². The second-order valence-corrected chi connectivity index (χ2v) is 5.06. The maximum atomic E-state index is 11.5. The van der Waals surface area contributed by atoms with Crippen LogP contribution in [0.2, 0.25) is 0 Å². The van der Waals surface area contributed by atoms with Crippen LogP contribution in [0.1, 0.15) is 35.2 Å². The molecule has 0 radical (unpaired) electrons. The minimum absolute atomic E-state index is 0.212. The van der Waals surface area contributed by atoms with Crippen molar-refractivity contribution in [3.05, 3.63) is 35.4 Å². The number of carbonyl (C=O) groups is 2. The van der Waals surface area contributed by atoms with E-state index in [1.54, 1.807) is 12.1 Å². The van der Waals surface area contributed by atoms with Crippen LogP contribution in [-0.2, 0) is 11.3 Å². The highest BCUT2D eigenvalue weighted by atomic mass is 16.2. The number of rotatable bonds is 4. The van der Waals surface area contributed by atoms with Gasteiger partial charge in [0.25, 0.3) is 5.91 Å². The second-order valence-electron chi connectivity index (χ2n) is 5.06. The first-order chi connectivity index (χ1) is 9.61. The topological polar surface area (TPSA) is 101 Å². The van der Waals surface area contributed by atoms with Crippen molar-refractivity contribution < 1.29 is 9.59 Å². The minimum Gasteiger partial charge on any atom is -0.368 e. The number of hydrogen-bond donors (Lipinski definition) is 3. The Morgan fingerprint density at radius 3 is 2.85 bits per heavy atom. The molecule has 2 rings (SSSR count). The largest absolute Gasteiger partial charge is 0.368 e. The summed E-state index contributed by atoms with van der Waals surface area (Å²) >= 11 is 0. The number of benzene rings is 1. The highest BCUT2D eigenvalue weighted by molar-refractivity contribution is 5.93. The molecule has 1 atom stereocenters. The van der Waals surface area contributed by atoms with E-state index in [0.29, 0.717) is 12.1 Å². The second kappa shape index (κ2) is 6.49. The lowest BCUT2D eigenvalue weighted by Crippen LogP contribution is -2.47. The van der Waals surface area contributed by atoms with Crippen LogP contribution in [0.4, 0.5) is 0 Å². The van der Waals surface area contributed by atoms with Crippen molar-refractivity contribution in [3.63, 3.8) is 0 Å². The Bertz CT molecular complexity index is 504. The van der Waals surface area contributed by atoms with Gasteiger partial charge in [-0.1, -0.05) is 18.6 Å². The number of primary amides is 1. The third kappa shape index (κ3) is 3.34. The Morgan fingerprint density at radius 2 is 2.15 bits per heavy atom. The molecular formula is C14H20N4O2. The average molecular weight is 276 g/mol. The number of nitrogen functional groups attached to an aromatic ring is 1. The number of nitrogens with one attached hydrogen (secondary N) is 1. The normalized spacial score (nSPS) is 19.6. The van der Waals surface area contributed by atoms with Crippen molar-refractivity contribution in [2.24, 2.45) is 11.6 Å². The lowest BCUT2D eigenvalue weighted by atomic mass is 10.0. The number of nitrogens with two attached hydrogens (primary N) is 2. The number of nitrogens with zero attached hydrogens (tertiary/aromatic N) is 1. The van der Waals surface area contributed by atoms with Gasteiger partial charge in [0.1, 0.15) is 0 Å². The molecular weight excluding hydrogens is 256 g/mol. The zero-order valence-corrected chi connectivity index (χ0v) is 11.3. The standard InChI is InChI=1S/C14H20N4O2/c15-13(19)12-6-1-2-7-18(12)9-10-4-3-5-11(8-10)14(20)17-16/h3-5,8,12H,1-2,6-7,9,16H2,(H2,15,19)(H,17,20). The smallest absolute Gasteiger partial charge is 0.265 e. The van der Waals surface area contributed by atoms with Gasteiger partial charge in [0, 0.05) is 12.1 Å². The molecule has 0 bridgehead atoms. The molecule has 2 amide bonds. The molecule has 1 heterocycles. The summed E-state index contributed by atoms with van der Waals surface area (Å²) in [5.41, 5.74) is 9.05. The van der Waals surface area contributed by atoms with Crippen LogP contribution >= 0.6 is 0 Å². The Kier molecular flexibility index (Phi) is 4.70. The minimum atomic E-state index is -0.322. The summed E-state index contributed by atoms with van der Waals surface area (Å²) in [4.78, 5) is 25.1. The van der Waals surface area contributed by atoms with E-state index in [1.807, 2.05) is 12.1 Å². The molecule has 1 aromatic rings. The Balaban J connectivity index is 2.12. The number of hydrogen-bond acceptors (Lipinski definition) is 4. The van der Waals surface area contributed by atoms with Crippen molar-refractivity contribution in [3.8, 4) is 0 Å². The van der Waals surface area contributed by atoms with E-state index in [-0.39, 0.29) is 17.9 Å². The zero-order chi connectivity index (χ0) is 14.5. The van der Waals surface area contributed by atoms with E-state index in [2.05, 4.69) is 10.3 Å². The van der Waals surface area contributed by atoms with Gasteiger partial charge < -0.3 is 5.73 Å². The fourth-order valence-corrected chi connectivity index (χ4v) is 2.63. The molecule has 1 unspecified atom stereocenters. The highest BCUT2D eigenvalue weighted by Gasteiger charge is 2.26. The fourth-order valence-electron chi connectivity index (χ4n) is 2.63. The number of carbonyl (C=O) groups excluding carboxylic acids is 2. The third-order valence-corrected chi connectivity index (χ3v) is 3.65. The number of hydrazine groups is 1. The first kappa shape index (κ1) is 14.5. The predicted octanol–water partition coefficient (Wildman–Crippen LogP) is 0.130. The van der Waals surface area contributed by atoms with Crippen LogP contribution in [0.25, 0.3) is 0 Å². The summed E-state index contributed by atoms with van der Waals surface area (Å²) in [6.07, 6.45) is 2.89. The van der Waals surface area contributed by atoms with Crippen molar-refractivity contribution >= 4 is 11.8 Å². The van der Waals surface area contributed by atoms with Crippen molar-refractivity contribution in [2.45, 2.75) is 31.8 Å². The van der Waals surface area contributed by atoms with Crippen LogP contribution in [0.15, 0.2) is 24.3 Å². The van der Waals surface area contributed by atoms with E-state index in [4.69, 9.17) is 11.6 Å². The first-order valence-corrected chi connectivity index (χ1v) is 6.75. The molecule has 6 nitrogen and oxygen atoms in total. The molecule has 1 aliphatic heterocycles. The average Bonchev–Trinajstić information content (AvgIpc) is 2.47. The molecule has 6 heteroatoms. The van der Waals surface area contributed by atoms with E-state index >= 15 is 0 Å². The quantitative estimate of drug-likeness (QED) is 0.413. The van der Waals surface area contributed by atoms with E-state index in [9.17, 15) is 9.59 Å². The number of piperidine rings is 1. The van der Waals surface area contributed by atoms with Gasteiger partial charge in [0.05, 0.1) is 6.04 Å². The molecule has 0 aromatic heterocycles. The fraction of sp³-hybridized carbons (Fsp3) is 0.429. The van der Waals surface area contributed by atoms with Crippen molar-refractivity contribution in [1.29, 1.82) is 0 Å². The molecule has 1 aliphatic rings. The predicted molar refractivity (Wildman–Crippen MR) is 75.3 cm³/mol. The van der Waals surface area contributed by atoms with Crippen LogP contribution in [0.5, 0.6) is 0 Å². The summed E-state index contributed by atoms with van der Waals surface area (Å²) in [5.74, 6) is 4.53. The summed E-state index contributed by atoms with van der Waals surface area (Å²) in [6, 6.07) is 7.02. The molecule has 1 saturated heterocycles. The van der Waals surface area contributed by atoms with Crippen molar-refractivity contribution in [1.82, 2.24) is 10.3 Å². The lowest BCUT2D eigenvalue weighted by Gasteiger charge is -2.33. The SMILES string of the molecule is NNC(=O)c1cccc(CN2CCCCC2C(N)=O)c1. The Morgan fingerprint density at radius 1 is 1.35 bits per heavy atom. The van der Waals surface area contributed by atoms with Gasteiger partial charge in [-0.3, -0.25) is 19.9 Å². The maximum Gasteiger partial charge on any atom is 0.265 e. The molecule has 1 aromatic carbocycles. The molecule has 0 spiro atoms. The summed E-state index contributed by atoms with van der Waals surface area (Å²) in [5, 5.41) is 0. The zero-order valence-electron chi connectivity index (χ0n) is 11.3.